The number of benzene rings is 3. The topological polar surface area (TPSA) is 75.3 Å². The van der Waals surface area contributed by atoms with E-state index in [2.05, 4.69) is 10.0 Å². The zero-order valence-corrected chi connectivity index (χ0v) is 20.4. The molecule has 9 heteroatoms. The first-order valence-electron chi connectivity index (χ1n) is 9.75. The van der Waals surface area contributed by atoms with Crippen LogP contribution < -0.4 is 10.0 Å². The van der Waals surface area contributed by atoms with E-state index >= 15 is 0 Å². The summed E-state index contributed by atoms with van der Waals surface area (Å²) in [5.41, 5.74) is 2.16. The fourth-order valence-corrected chi connectivity index (χ4v) is 5.86. The van der Waals surface area contributed by atoms with Crippen molar-refractivity contribution >= 4 is 56.6 Å². The van der Waals surface area contributed by atoms with Gasteiger partial charge in [0.05, 0.1) is 4.90 Å². The van der Waals surface area contributed by atoms with Crippen LogP contribution in [-0.2, 0) is 15.8 Å². The summed E-state index contributed by atoms with van der Waals surface area (Å²) in [5, 5.41) is 4.06. The van der Waals surface area contributed by atoms with Crippen LogP contribution in [0.15, 0.2) is 71.6 Å². The van der Waals surface area contributed by atoms with Gasteiger partial charge in [-0.05, 0) is 54.4 Å². The van der Waals surface area contributed by atoms with E-state index < -0.39 is 10.0 Å². The van der Waals surface area contributed by atoms with Crippen molar-refractivity contribution in [3.05, 3.63) is 93.5 Å². The SMILES string of the molecule is Cc1ccc(C(=O)NCCSCc2c(Cl)cccc2Cl)cc1S(=O)(=O)Nc1ccccc1. The highest BCUT2D eigenvalue weighted by atomic mass is 35.5. The fraction of sp³-hybridized carbons (Fsp3) is 0.174. The third kappa shape index (κ3) is 6.42. The number of anilines is 1. The molecular weight excluding hydrogens is 487 g/mol. The lowest BCUT2D eigenvalue weighted by molar-refractivity contribution is 0.0956. The Morgan fingerprint density at radius 2 is 1.66 bits per heavy atom. The van der Waals surface area contributed by atoms with E-state index in [-0.39, 0.29) is 16.4 Å². The number of carbonyl (C=O) groups is 1. The van der Waals surface area contributed by atoms with Gasteiger partial charge in [0.25, 0.3) is 15.9 Å². The number of rotatable bonds is 9. The van der Waals surface area contributed by atoms with Gasteiger partial charge in [-0.15, -0.1) is 0 Å². The normalized spacial score (nSPS) is 11.2. The van der Waals surface area contributed by atoms with Crippen LogP contribution in [0.5, 0.6) is 0 Å². The summed E-state index contributed by atoms with van der Waals surface area (Å²) in [6.07, 6.45) is 0. The average Bonchev–Trinajstić information content (AvgIpc) is 2.75. The zero-order valence-electron chi connectivity index (χ0n) is 17.3. The van der Waals surface area contributed by atoms with Crippen molar-refractivity contribution in [2.75, 3.05) is 17.0 Å². The Labute approximate surface area is 202 Å². The molecule has 2 N–H and O–H groups in total. The number of nitrogens with one attached hydrogen (secondary N) is 2. The molecule has 0 aliphatic carbocycles. The number of hydrogen-bond donors (Lipinski definition) is 2. The molecular formula is C23H22Cl2N2O3S2. The molecule has 32 heavy (non-hydrogen) atoms. The molecule has 0 fully saturated rings. The van der Waals surface area contributed by atoms with Gasteiger partial charge in [-0.3, -0.25) is 9.52 Å². The molecule has 0 aliphatic rings. The first-order chi connectivity index (χ1) is 15.3. The van der Waals surface area contributed by atoms with Crippen LogP contribution in [0.3, 0.4) is 0 Å². The van der Waals surface area contributed by atoms with Crippen molar-refractivity contribution in [1.29, 1.82) is 0 Å². The molecule has 0 unspecified atom stereocenters. The van der Waals surface area contributed by atoms with Gasteiger partial charge in [0.15, 0.2) is 0 Å². The van der Waals surface area contributed by atoms with Crippen molar-refractivity contribution in [2.45, 2.75) is 17.6 Å². The van der Waals surface area contributed by atoms with E-state index in [1.165, 1.54) is 6.07 Å². The van der Waals surface area contributed by atoms with Crippen LogP contribution in [0.1, 0.15) is 21.5 Å². The van der Waals surface area contributed by atoms with Gasteiger partial charge < -0.3 is 5.32 Å². The minimum absolute atomic E-state index is 0.0664. The third-order valence-electron chi connectivity index (χ3n) is 4.61. The molecule has 3 rings (SSSR count). The standard InChI is InChI=1S/C23H22Cl2N2O3S2/c1-16-10-11-17(14-22(16)32(29,30)27-18-6-3-2-4-7-18)23(28)26-12-13-31-15-19-20(24)8-5-9-21(19)25/h2-11,14,27H,12-13,15H2,1H3,(H,26,28). The molecule has 0 atom stereocenters. The van der Waals surface area contributed by atoms with Crippen molar-refractivity contribution in [2.24, 2.45) is 0 Å². The molecule has 3 aromatic rings. The number of thioether (sulfide) groups is 1. The Morgan fingerprint density at radius 3 is 2.34 bits per heavy atom. The fourth-order valence-electron chi connectivity index (χ4n) is 2.93. The summed E-state index contributed by atoms with van der Waals surface area (Å²) in [4.78, 5) is 12.6. The van der Waals surface area contributed by atoms with Crippen molar-refractivity contribution in [3.63, 3.8) is 0 Å². The molecule has 0 saturated heterocycles. The van der Waals surface area contributed by atoms with Crippen LogP contribution in [-0.4, -0.2) is 26.6 Å². The van der Waals surface area contributed by atoms with Crippen molar-refractivity contribution in [3.8, 4) is 0 Å². The molecule has 0 radical (unpaired) electrons. The smallest absolute Gasteiger partial charge is 0.262 e. The largest absolute Gasteiger partial charge is 0.351 e. The van der Waals surface area contributed by atoms with Crippen LogP contribution >= 0.6 is 35.0 Å². The second-order valence-electron chi connectivity index (χ2n) is 6.96. The average molecular weight is 509 g/mol. The monoisotopic (exact) mass is 508 g/mol. The van der Waals surface area contributed by atoms with Gasteiger partial charge in [0.1, 0.15) is 0 Å². The molecule has 1 amide bonds. The second-order valence-corrected chi connectivity index (χ2v) is 10.5. The van der Waals surface area contributed by atoms with Gasteiger partial charge >= 0.3 is 0 Å². The Hall–Kier alpha value is -2.19. The number of halogens is 2. The number of sulfonamides is 1. The quantitative estimate of drug-likeness (QED) is 0.360. The highest BCUT2D eigenvalue weighted by Crippen LogP contribution is 2.28. The number of para-hydroxylation sites is 1. The molecule has 0 saturated carbocycles. The van der Waals surface area contributed by atoms with Crippen LogP contribution in [0, 0.1) is 6.92 Å². The number of carbonyl (C=O) groups excluding carboxylic acids is 1. The molecule has 0 aliphatic heterocycles. The van der Waals surface area contributed by atoms with E-state index in [9.17, 15) is 13.2 Å². The molecule has 3 aromatic carbocycles. The maximum Gasteiger partial charge on any atom is 0.262 e. The predicted octanol–water partition coefficient (Wildman–Crippen LogP) is 5.77. The van der Waals surface area contributed by atoms with Crippen LogP contribution in [0.25, 0.3) is 0 Å². The maximum absolute atomic E-state index is 12.8. The molecule has 0 bridgehead atoms. The summed E-state index contributed by atoms with van der Waals surface area (Å²) < 4.78 is 28.2. The van der Waals surface area contributed by atoms with E-state index in [1.807, 2.05) is 0 Å². The molecule has 0 heterocycles. The molecule has 0 spiro atoms. The lowest BCUT2D eigenvalue weighted by Gasteiger charge is -2.12. The lowest BCUT2D eigenvalue weighted by atomic mass is 10.1. The summed E-state index contributed by atoms with van der Waals surface area (Å²) in [5.74, 6) is 0.948. The maximum atomic E-state index is 12.8. The van der Waals surface area contributed by atoms with E-state index in [1.54, 1.807) is 79.3 Å². The van der Waals surface area contributed by atoms with Crippen LogP contribution in [0.2, 0.25) is 10.0 Å². The van der Waals surface area contributed by atoms with E-state index in [0.29, 0.717) is 39.3 Å². The molecule has 168 valence electrons. The first-order valence-corrected chi connectivity index (χ1v) is 13.1. The summed E-state index contributed by atoms with van der Waals surface area (Å²) in [7, 11) is -3.83. The Kier molecular flexibility index (Phi) is 8.48. The van der Waals surface area contributed by atoms with Gasteiger partial charge in [-0.1, -0.05) is 53.5 Å². The minimum atomic E-state index is -3.83. The minimum Gasteiger partial charge on any atom is -0.351 e. The highest BCUT2D eigenvalue weighted by molar-refractivity contribution is 7.98. The number of hydrogen-bond acceptors (Lipinski definition) is 4. The van der Waals surface area contributed by atoms with Gasteiger partial charge in [-0.25, -0.2) is 8.42 Å². The first kappa shape index (κ1) is 24.5. The van der Waals surface area contributed by atoms with E-state index in [0.717, 1.165) is 5.56 Å². The summed E-state index contributed by atoms with van der Waals surface area (Å²) in [6, 6.07) is 18.6. The lowest BCUT2D eigenvalue weighted by Crippen LogP contribution is -2.26. The highest BCUT2D eigenvalue weighted by Gasteiger charge is 2.19. The number of aryl methyl sites for hydroxylation is 1. The van der Waals surface area contributed by atoms with Crippen molar-refractivity contribution in [1.82, 2.24) is 5.32 Å². The summed E-state index contributed by atoms with van der Waals surface area (Å²) in [6.45, 7) is 2.11. The summed E-state index contributed by atoms with van der Waals surface area (Å²) >= 11 is 13.9. The van der Waals surface area contributed by atoms with Crippen LogP contribution in [0.4, 0.5) is 5.69 Å². The Bertz CT molecular complexity index is 1180. The Balaban J connectivity index is 1.59. The van der Waals surface area contributed by atoms with Gasteiger partial charge in [-0.2, -0.15) is 11.8 Å². The van der Waals surface area contributed by atoms with E-state index in [4.69, 9.17) is 23.2 Å². The third-order valence-corrected chi connectivity index (χ3v) is 7.82. The predicted molar refractivity (Wildman–Crippen MR) is 133 cm³/mol. The molecule has 0 aromatic heterocycles. The Morgan fingerprint density at radius 1 is 0.969 bits per heavy atom. The van der Waals surface area contributed by atoms with Crippen molar-refractivity contribution < 1.29 is 13.2 Å². The van der Waals surface area contributed by atoms with Gasteiger partial charge in [0, 0.05) is 39.3 Å². The zero-order chi connectivity index (χ0) is 23.1. The second kappa shape index (κ2) is 11.1. The van der Waals surface area contributed by atoms with Gasteiger partial charge in [0.2, 0.25) is 0 Å². The number of amides is 1. The molecule has 5 nitrogen and oxygen atoms in total.